The van der Waals surface area contributed by atoms with Gasteiger partial charge in [-0.1, -0.05) is 12.1 Å². The van der Waals surface area contributed by atoms with Crippen LogP contribution >= 0.6 is 0 Å². The maximum atomic E-state index is 12.0. The lowest BCUT2D eigenvalue weighted by molar-refractivity contribution is -0.123. The van der Waals surface area contributed by atoms with E-state index in [4.69, 9.17) is 4.74 Å². The fourth-order valence-electron chi connectivity index (χ4n) is 2.07. The highest BCUT2D eigenvalue weighted by molar-refractivity contribution is 5.95. The van der Waals surface area contributed by atoms with Gasteiger partial charge in [0.15, 0.2) is 6.61 Å². The first kappa shape index (κ1) is 17.5. The molecular weight excluding hydrogens is 304 g/mol. The molecule has 2 rings (SSSR count). The van der Waals surface area contributed by atoms with E-state index in [0.717, 1.165) is 22.3 Å². The minimum Gasteiger partial charge on any atom is -0.484 e. The number of hydrazine groups is 1. The zero-order chi connectivity index (χ0) is 17.7. The lowest BCUT2D eigenvalue weighted by Crippen LogP contribution is -2.43. The molecule has 0 radical (unpaired) electrons. The zero-order valence-electron chi connectivity index (χ0n) is 14.4. The highest BCUT2D eigenvalue weighted by atomic mass is 16.5. The molecule has 0 fully saturated rings. The van der Waals surface area contributed by atoms with Crippen LogP contribution in [-0.4, -0.2) is 18.4 Å². The lowest BCUT2D eigenvalue weighted by atomic mass is 10.1. The van der Waals surface area contributed by atoms with Crippen LogP contribution in [0.2, 0.25) is 0 Å². The molecule has 5 nitrogen and oxygen atoms in total. The van der Waals surface area contributed by atoms with Crippen molar-refractivity contribution in [1.82, 2.24) is 10.9 Å². The standard InChI is InChI=1S/C19H22N2O3/c1-12-5-7-16(9-14(12)3)19(23)21-20-18(22)11-24-17-8-6-13(2)15(4)10-17/h5-10H,11H2,1-4H3,(H,20,22)(H,21,23). The number of nitrogens with one attached hydrogen (secondary N) is 2. The van der Waals surface area contributed by atoms with E-state index in [1.807, 2.05) is 52.0 Å². The largest absolute Gasteiger partial charge is 0.484 e. The van der Waals surface area contributed by atoms with E-state index in [1.54, 1.807) is 12.1 Å². The van der Waals surface area contributed by atoms with Crippen LogP contribution in [-0.2, 0) is 4.79 Å². The monoisotopic (exact) mass is 326 g/mol. The Balaban J connectivity index is 1.83. The molecule has 2 amide bonds. The van der Waals surface area contributed by atoms with Gasteiger partial charge in [0.2, 0.25) is 0 Å². The Morgan fingerprint density at radius 3 is 2.08 bits per heavy atom. The normalized spacial score (nSPS) is 10.2. The molecule has 0 aliphatic rings. The van der Waals surface area contributed by atoms with Gasteiger partial charge in [0.1, 0.15) is 5.75 Å². The van der Waals surface area contributed by atoms with Crippen molar-refractivity contribution < 1.29 is 14.3 Å². The first-order chi connectivity index (χ1) is 11.4. The van der Waals surface area contributed by atoms with Crippen molar-refractivity contribution in [3.8, 4) is 5.75 Å². The smallest absolute Gasteiger partial charge is 0.276 e. The van der Waals surface area contributed by atoms with Crippen LogP contribution in [0.25, 0.3) is 0 Å². The predicted octanol–water partition coefficient (Wildman–Crippen LogP) is 2.76. The summed E-state index contributed by atoms with van der Waals surface area (Å²) >= 11 is 0. The van der Waals surface area contributed by atoms with E-state index in [2.05, 4.69) is 10.9 Å². The molecule has 24 heavy (non-hydrogen) atoms. The predicted molar refractivity (Wildman–Crippen MR) is 92.9 cm³/mol. The number of ether oxygens (including phenoxy) is 1. The first-order valence-electron chi connectivity index (χ1n) is 7.73. The summed E-state index contributed by atoms with van der Waals surface area (Å²) in [6.45, 7) is 7.72. The molecule has 0 bridgehead atoms. The molecule has 2 aromatic rings. The Labute approximate surface area is 142 Å². The summed E-state index contributed by atoms with van der Waals surface area (Å²) in [5.74, 6) is -0.170. The molecule has 0 heterocycles. The number of aryl methyl sites for hydroxylation is 4. The molecule has 0 unspecified atom stereocenters. The minimum absolute atomic E-state index is 0.171. The van der Waals surface area contributed by atoms with Crippen LogP contribution < -0.4 is 15.6 Å². The molecular formula is C19H22N2O3. The van der Waals surface area contributed by atoms with Crippen LogP contribution in [0.5, 0.6) is 5.75 Å². The van der Waals surface area contributed by atoms with Crippen molar-refractivity contribution >= 4 is 11.8 Å². The summed E-state index contributed by atoms with van der Waals surface area (Å²) in [6, 6.07) is 11.0. The molecule has 2 aromatic carbocycles. The molecule has 0 atom stereocenters. The van der Waals surface area contributed by atoms with Gasteiger partial charge >= 0.3 is 0 Å². The molecule has 0 aromatic heterocycles. The van der Waals surface area contributed by atoms with E-state index in [1.165, 1.54) is 0 Å². The van der Waals surface area contributed by atoms with Crippen molar-refractivity contribution in [1.29, 1.82) is 0 Å². The third-order valence-electron chi connectivity index (χ3n) is 3.93. The van der Waals surface area contributed by atoms with Gasteiger partial charge in [-0.05, 0) is 74.2 Å². The van der Waals surface area contributed by atoms with E-state index < -0.39 is 5.91 Å². The Kier molecular flexibility index (Phi) is 5.58. The van der Waals surface area contributed by atoms with Gasteiger partial charge in [-0.2, -0.15) is 0 Å². The zero-order valence-corrected chi connectivity index (χ0v) is 14.4. The Morgan fingerprint density at radius 1 is 0.833 bits per heavy atom. The van der Waals surface area contributed by atoms with Crippen molar-refractivity contribution in [2.24, 2.45) is 0 Å². The second kappa shape index (κ2) is 7.64. The van der Waals surface area contributed by atoms with Crippen LogP contribution in [0.3, 0.4) is 0 Å². The molecule has 0 spiro atoms. The summed E-state index contributed by atoms with van der Waals surface area (Å²) < 4.78 is 5.41. The van der Waals surface area contributed by atoms with Gasteiger partial charge in [0.25, 0.3) is 11.8 Å². The van der Waals surface area contributed by atoms with Gasteiger partial charge < -0.3 is 4.74 Å². The average Bonchev–Trinajstić information content (AvgIpc) is 2.56. The third-order valence-corrected chi connectivity index (χ3v) is 3.93. The minimum atomic E-state index is -0.426. The number of rotatable bonds is 4. The Bertz CT molecular complexity index is 769. The molecule has 0 saturated carbocycles. The van der Waals surface area contributed by atoms with Crippen molar-refractivity contribution in [2.45, 2.75) is 27.7 Å². The molecule has 5 heteroatoms. The second-order valence-corrected chi connectivity index (χ2v) is 5.84. The maximum Gasteiger partial charge on any atom is 0.276 e. The number of amides is 2. The molecule has 2 N–H and O–H groups in total. The van der Waals surface area contributed by atoms with Gasteiger partial charge in [-0.15, -0.1) is 0 Å². The summed E-state index contributed by atoms with van der Waals surface area (Å²) in [5.41, 5.74) is 9.61. The summed E-state index contributed by atoms with van der Waals surface area (Å²) in [4.78, 5) is 23.8. The highest BCUT2D eigenvalue weighted by Gasteiger charge is 2.09. The molecule has 0 aliphatic heterocycles. The van der Waals surface area contributed by atoms with Gasteiger partial charge in [-0.3, -0.25) is 20.4 Å². The second-order valence-electron chi connectivity index (χ2n) is 5.84. The van der Waals surface area contributed by atoms with Gasteiger partial charge in [0, 0.05) is 5.56 Å². The Morgan fingerprint density at radius 2 is 1.46 bits per heavy atom. The van der Waals surface area contributed by atoms with E-state index in [-0.39, 0.29) is 12.5 Å². The van der Waals surface area contributed by atoms with E-state index >= 15 is 0 Å². The fraction of sp³-hybridized carbons (Fsp3) is 0.263. The quantitative estimate of drug-likeness (QED) is 0.849. The van der Waals surface area contributed by atoms with Gasteiger partial charge in [0.05, 0.1) is 0 Å². The first-order valence-corrected chi connectivity index (χ1v) is 7.73. The topological polar surface area (TPSA) is 67.4 Å². The summed E-state index contributed by atoms with van der Waals surface area (Å²) in [5, 5.41) is 0. The average molecular weight is 326 g/mol. The third kappa shape index (κ3) is 4.59. The molecule has 0 aliphatic carbocycles. The lowest BCUT2D eigenvalue weighted by Gasteiger charge is -2.10. The Hall–Kier alpha value is -2.82. The highest BCUT2D eigenvalue weighted by Crippen LogP contribution is 2.16. The number of hydrogen-bond donors (Lipinski definition) is 2. The van der Waals surface area contributed by atoms with Crippen molar-refractivity contribution in [3.63, 3.8) is 0 Å². The summed E-state index contributed by atoms with van der Waals surface area (Å²) in [6.07, 6.45) is 0. The van der Waals surface area contributed by atoms with Crippen LogP contribution in [0.15, 0.2) is 36.4 Å². The molecule has 126 valence electrons. The van der Waals surface area contributed by atoms with E-state index in [0.29, 0.717) is 11.3 Å². The van der Waals surface area contributed by atoms with Crippen molar-refractivity contribution in [3.05, 3.63) is 64.2 Å². The number of carbonyl (C=O) groups is 2. The van der Waals surface area contributed by atoms with Gasteiger partial charge in [-0.25, -0.2) is 0 Å². The number of benzene rings is 2. The van der Waals surface area contributed by atoms with Crippen LogP contribution in [0.4, 0.5) is 0 Å². The van der Waals surface area contributed by atoms with Crippen molar-refractivity contribution in [2.75, 3.05) is 6.61 Å². The van der Waals surface area contributed by atoms with Crippen LogP contribution in [0.1, 0.15) is 32.6 Å². The number of hydrogen-bond acceptors (Lipinski definition) is 3. The van der Waals surface area contributed by atoms with Crippen LogP contribution in [0, 0.1) is 27.7 Å². The summed E-state index contributed by atoms with van der Waals surface area (Å²) in [7, 11) is 0. The SMILES string of the molecule is Cc1ccc(OCC(=O)NNC(=O)c2ccc(C)c(C)c2)cc1C. The maximum absolute atomic E-state index is 12.0. The molecule has 0 saturated heterocycles. The fourth-order valence-corrected chi connectivity index (χ4v) is 2.07. The van der Waals surface area contributed by atoms with E-state index in [9.17, 15) is 9.59 Å². The number of carbonyl (C=O) groups excluding carboxylic acids is 2.